The van der Waals surface area contributed by atoms with E-state index in [-0.39, 0.29) is 16.3 Å². The van der Waals surface area contributed by atoms with E-state index in [0.717, 1.165) is 11.8 Å². The van der Waals surface area contributed by atoms with Crippen LogP contribution in [0.15, 0.2) is 41.0 Å². The van der Waals surface area contributed by atoms with Gasteiger partial charge in [0.1, 0.15) is 10.8 Å². The molecule has 1 N–H and O–H groups in total. The van der Waals surface area contributed by atoms with E-state index < -0.39 is 10.8 Å². The summed E-state index contributed by atoms with van der Waals surface area (Å²) >= 11 is 5.68. The van der Waals surface area contributed by atoms with Crippen LogP contribution in [-0.4, -0.2) is 17.4 Å². The molecule has 0 aliphatic rings. The van der Waals surface area contributed by atoms with Gasteiger partial charge in [0.25, 0.3) is 11.6 Å². The number of furan rings is 1. The molecular formula is C13H11ClN2O4. The summed E-state index contributed by atoms with van der Waals surface area (Å²) in [6, 6.07) is 7.50. The molecule has 7 heteroatoms. The van der Waals surface area contributed by atoms with Gasteiger partial charge in [0.05, 0.1) is 11.2 Å². The highest BCUT2D eigenvalue weighted by atomic mass is 35.5. The van der Waals surface area contributed by atoms with E-state index in [4.69, 9.17) is 16.0 Å². The molecule has 0 bridgehead atoms. The second-order valence-electron chi connectivity index (χ2n) is 4.01. The second kappa shape index (κ2) is 6.21. The van der Waals surface area contributed by atoms with Gasteiger partial charge in [-0.05, 0) is 24.3 Å². The summed E-state index contributed by atoms with van der Waals surface area (Å²) in [6.07, 6.45) is 2.11. The van der Waals surface area contributed by atoms with Crippen molar-refractivity contribution in [2.75, 3.05) is 6.54 Å². The van der Waals surface area contributed by atoms with Crippen LogP contribution in [-0.2, 0) is 6.42 Å². The van der Waals surface area contributed by atoms with Crippen molar-refractivity contribution in [1.29, 1.82) is 0 Å². The SMILES string of the molecule is O=C(NCCc1ccco1)c1ccc(Cl)c([N+](=O)[O-])c1. The highest BCUT2D eigenvalue weighted by Gasteiger charge is 2.16. The third-order valence-corrected chi connectivity index (χ3v) is 2.96. The number of carbonyl (C=O) groups excluding carboxylic acids is 1. The maximum Gasteiger partial charge on any atom is 0.288 e. The topological polar surface area (TPSA) is 85.4 Å². The van der Waals surface area contributed by atoms with E-state index in [0.29, 0.717) is 13.0 Å². The van der Waals surface area contributed by atoms with Gasteiger partial charge in [-0.15, -0.1) is 0 Å². The fourth-order valence-corrected chi connectivity index (χ4v) is 1.84. The maximum absolute atomic E-state index is 11.9. The number of nitro benzene ring substituents is 1. The van der Waals surface area contributed by atoms with Crippen molar-refractivity contribution in [2.24, 2.45) is 0 Å². The quantitative estimate of drug-likeness (QED) is 0.678. The molecule has 0 radical (unpaired) electrons. The Hall–Kier alpha value is -2.34. The summed E-state index contributed by atoms with van der Waals surface area (Å²) in [5.41, 5.74) is -0.0918. The Bertz CT molecular complexity index is 625. The van der Waals surface area contributed by atoms with Crippen molar-refractivity contribution in [1.82, 2.24) is 5.32 Å². The van der Waals surface area contributed by atoms with Crippen LogP contribution in [0.3, 0.4) is 0 Å². The van der Waals surface area contributed by atoms with Crippen LogP contribution in [0, 0.1) is 10.1 Å². The Labute approximate surface area is 119 Å². The van der Waals surface area contributed by atoms with Crippen LogP contribution in [0.2, 0.25) is 5.02 Å². The van der Waals surface area contributed by atoms with Crippen LogP contribution >= 0.6 is 11.6 Å². The summed E-state index contributed by atoms with van der Waals surface area (Å²) in [6.45, 7) is 0.378. The van der Waals surface area contributed by atoms with Gasteiger partial charge in [-0.3, -0.25) is 14.9 Å². The number of nitro groups is 1. The maximum atomic E-state index is 11.9. The Morgan fingerprint density at radius 1 is 1.40 bits per heavy atom. The molecule has 0 fully saturated rings. The predicted molar refractivity (Wildman–Crippen MR) is 72.9 cm³/mol. The molecule has 1 amide bonds. The standard InChI is InChI=1S/C13H11ClN2O4/c14-11-4-3-9(8-12(11)16(18)19)13(17)15-6-5-10-2-1-7-20-10/h1-4,7-8H,5-6H2,(H,15,17). The normalized spacial score (nSPS) is 10.2. The van der Waals surface area contributed by atoms with Crippen molar-refractivity contribution >= 4 is 23.2 Å². The molecule has 0 saturated carbocycles. The van der Waals surface area contributed by atoms with Crippen molar-refractivity contribution in [2.45, 2.75) is 6.42 Å². The molecule has 2 rings (SSSR count). The first kappa shape index (κ1) is 14.1. The van der Waals surface area contributed by atoms with Gasteiger partial charge in [-0.25, -0.2) is 0 Å². The summed E-state index contributed by atoms with van der Waals surface area (Å²) in [5.74, 6) is 0.365. The molecule has 0 aliphatic heterocycles. The Morgan fingerprint density at radius 3 is 2.85 bits per heavy atom. The molecule has 104 valence electrons. The number of amides is 1. The van der Waals surface area contributed by atoms with Crippen molar-refractivity contribution < 1.29 is 14.1 Å². The molecule has 0 atom stereocenters. The average Bonchev–Trinajstić information content (AvgIpc) is 2.92. The zero-order valence-electron chi connectivity index (χ0n) is 10.3. The fraction of sp³-hybridized carbons (Fsp3) is 0.154. The molecule has 2 aromatic rings. The summed E-state index contributed by atoms with van der Waals surface area (Å²) in [7, 11) is 0. The lowest BCUT2D eigenvalue weighted by Crippen LogP contribution is -2.25. The first-order valence-corrected chi connectivity index (χ1v) is 6.20. The molecule has 0 saturated heterocycles. The third kappa shape index (κ3) is 3.36. The van der Waals surface area contributed by atoms with Gasteiger partial charge in [-0.2, -0.15) is 0 Å². The first-order chi connectivity index (χ1) is 9.58. The van der Waals surface area contributed by atoms with Gasteiger partial charge in [0.2, 0.25) is 0 Å². The van der Waals surface area contributed by atoms with E-state index >= 15 is 0 Å². The van der Waals surface area contributed by atoms with Gasteiger partial charge in [0, 0.05) is 24.6 Å². The highest BCUT2D eigenvalue weighted by Crippen LogP contribution is 2.24. The number of carbonyl (C=O) groups is 1. The van der Waals surface area contributed by atoms with E-state index in [1.165, 1.54) is 12.1 Å². The molecule has 1 heterocycles. The van der Waals surface area contributed by atoms with Crippen LogP contribution in [0.4, 0.5) is 5.69 Å². The lowest BCUT2D eigenvalue weighted by atomic mass is 10.2. The third-order valence-electron chi connectivity index (χ3n) is 2.64. The molecule has 6 nitrogen and oxygen atoms in total. The molecule has 0 spiro atoms. The average molecular weight is 295 g/mol. The summed E-state index contributed by atoms with van der Waals surface area (Å²) < 4.78 is 5.13. The number of benzene rings is 1. The molecule has 1 aromatic heterocycles. The van der Waals surface area contributed by atoms with Crippen molar-refractivity contribution in [3.8, 4) is 0 Å². The highest BCUT2D eigenvalue weighted by molar-refractivity contribution is 6.32. The number of nitrogens with zero attached hydrogens (tertiary/aromatic N) is 1. The van der Waals surface area contributed by atoms with Crippen LogP contribution in [0.1, 0.15) is 16.1 Å². The van der Waals surface area contributed by atoms with Crippen molar-refractivity contribution in [3.05, 3.63) is 63.1 Å². The van der Waals surface area contributed by atoms with Gasteiger partial charge in [-0.1, -0.05) is 11.6 Å². The zero-order valence-corrected chi connectivity index (χ0v) is 11.1. The van der Waals surface area contributed by atoms with Gasteiger partial charge < -0.3 is 9.73 Å². The van der Waals surface area contributed by atoms with Crippen molar-refractivity contribution in [3.63, 3.8) is 0 Å². The number of rotatable bonds is 5. The summed E-state index contributed by atoms with van der Waals surface area (Å²) in [5, 5.41) is 13.4. The minimum Gasteiger partial charge on any atom is -0.469 e. The smallest absolute Gasteiger partial charge is 0.288 e. The Kier molecular flexibility index (Phi) is 4.37. The Morgan fingerprint density at radius 2 is 2.20 bits per heavy atom. The zero-order chi connectivity index (χ0) is 14.5. The number of halogens is 1. The molecule has 0 unspecified atom stereocenters. The van der Waals surface area contributed by atoms with Gasteiger partial charge >= 0.3 is 0 Å². The predicted octanol–water partition coefficient (Wildman–Crippen LogP) is 2.81. The number of nitrogens with one attached hydrogen (secondary N) is 1. The van der Waals surface area contributed by atoms with Crippen LogP contribution < -0.4 is 5.32 Å². The molecule has 20 heavy (non-hydrogen) atoms. The molecular weight excluding hydrogens is 284 g/mol. The lowest BCUT2D eigenvalue weighted by molar-refractivity contribution is -0.384. The summed E-state index contributed by atoms with van der Waals surface area (Å²) in [4.78, 5) is 22.0. The molecule has 1 aromatic carbocycles. The second-order valence-corrected chi connectivity index (χ2v) is 4.42. The number of hydrogen-bond acceptors (Lipinski definition) is 4. The monoisotopic (exact) mass is 294 g/mol. The van der Waals surface area contributed by atoms with E-state index in [1.807, 2.05) is 0 Å². The number of hydrogen-bond donors (Lipinski definition) is 1. The fourth-order valence-electron chi connectivity index (χ4n) is 1.65. The van der Waals surface area contributed by atoms with Gasteiger partial charge in [0.15, 0.2) is 0 Å². The van der Waals surface area contributed by atoms with Crippen LogP contribution in [0.25, 0.3) is 0 Å². The minimum absolute atomic E-state index is 0.00198. The van der Waals surface area contributed by atoms with E-state index in [2.05, 4.69) is 5.32 Å². The Balaban J connectivity index is 1.98. The molecule has 0 aliphatic carbocycles. The largest absolute Gasteiger partial charge is 0.469 e. The van der Waals surface area contributed by atoms with E-state index in [9.17, 15) is 14.9 Å². The first-order valence-electron chi connectivity index (χ1n) is 5.82. The minimum atomic E-state index is -0.623. The van der Waals surface area contributed by atoms with E-state index in [1.54, 1.807) is 18.4 Å². The lowest BCUT2D eigenvalue weighted by Gasteiger charge is -2.04. The van der Waals surface area contributed by atoms with Crippen LogP contribution in [0.5, 0.6) is 0 Å².